The van der Waals surface area contributed by atoms with E-state index >= 15 is 0 Å². The maximum atomic E-state index is 12.8. The number of carbonyl (C=O) groups is 2. The molecule has 1 aliphatic carbocycles. The van der Waals surface area contributed by atoms with Crippen molar-refractivity contribution in [1.29, 1.82) is 0 Å². The van der Waals surface area contributed by atoms with E-state index < -0.39 is 11.6 Å². The molecular formula is C17H29NO3. The fourth-order valence-electron chi connectivity index (χ4n) is 3.62. The number of carbonyl (C=O) groups excluding carboxylic acids is 2. The van der Waals surface area contributed by atoms with Crippen LogP contribution in [0.5, 0.6) is 0 Å². The van der Waals surface area contributed by atoms with Crippen LogP contribution in [0.1, 0.15) is 61.3 Å². The van der Waals surface area contributed by atoms with Gasteiger partial charge in [-0.3, -0.25) is 4.79 Å². The highest BCUT2D eigenvalue weighted by atomic mass is 16.6. The molecule has 1 atom stereocenters. The van der Waals surface area contributed by atoms with Crippen LogP contribution in [0.3, 0.4) is 0 Å². The van der Waals surface area contributed by atoms with Gasteiger partial charge in [0.2, 0.25) is 5.91 Å². The molecule has 1 saturated carbocycles. The highest BCUT2D eigenvalue weighted by molar-refractivity contribution is 5.89. The summed E-state index contributed by atoms with van der Waals surface area (Å²) in [6, 6.07) is -0.399. The average Bonchev–Trinajstić information content (AvgIpc) is 2.67. The molecule has 1 aliphatic heterocycles. The highest BCUT2D eigenvalue weighted by Crippen LogP contribution is 2.69. The SMILES string of the molecule is CC(C)(C)OC(=O)[C@@H]1CCCN1C(=O)C1C(C)(C)C1(C)C. The van der Waals surface area contributed by atoms with Gasteiger partial charge in [0.1, 0.15) is 11.6 Å². The predicted molar refractivity (Wildman–Crippen MR) is 81.6 cm³/mol. The first kappa shape index (κ1) is 16.3. The molecule has 120 valence electrons. The zero-order chi connectivity index (χ0) is 16.2. The second kappa shape index (κ2) is 4.72. The summed E-state index contributed by atoms with van der Waals surface area (Å²) < 4.78 is 5.47. The summed E-state index contributed by atoms with van der Waals surface area (Å²) in [5.74, 6) is -0.129. The van der Waals surface area contributed by atoms with Crippen LogP contribution in [-0.2, 0) is 14.3 Å². The first-order valence-electron chi connectivity index (χ1n) is 7.93. The van der Waals surface area contributed by atoms with Crippen molar-refractivity contribution in [2.45, 2.75) is 73.0 Å². The molecule has 0 aromatic carbocycles. The normalized spacial score (nSPS) is 27.6. The lowest BCUT2D eigenvalue weighted by molar-refractivity contribution is -0.163. The maximum absolute atomic E-state index is 12.8. The number of rotatable bonds is 2. The third-order valence-electron chi connectivity index (χ3n) is 5.48. The van der Waals surface area contributed by atoms with Gasteiger partial charge in [0, 0.05) is 12.5 Å². The molecule has 1 saturated heterocycles. The Hall–Kier alpha value is -1.06. The Bertz CT molecular complexity index is 445. The van der Waals surface area contributed by atoms with E-state index in [0.717, 1.165) is 6.42 Å². The Morgan fingerprint density at radius 2 is 1.62 bits per heavy atom. The molecular weight excluding hydrogens is 266 g/mol. The van der Waals surface area contributed by atoms with E-state index in [4.69, 9.17) is 4.74 Å². The number of hydrogen-bond acceptors (Lipinski definition) is 3. The molecule has 1 amide bonds. The topological polar surface area (TPSA) is 46.6 Å². The van der Waals surface area contributed by atoms with E-state index in [1.165, 1.54) is 0 Å². The van der Waals surface area contributed by atoms with Crippen LogP contribution in [0.2, 0.25) is 0 Å². The summed E-state index contributed by atoms with van der Waals surface area (Å²) in [6.07, 6.45) is 1.59. The molecule has 0 radical (unpaired) electrons. The van der Waals surface area contributed by atoms with Gasteiger partial charge in [0.25, 0.3) is 0 Å². The Balaban J connectivity index is 2.10. The maximum Gasteiger partial charge on any atom is 0.329 e. The van der Waals surface area contributed by atoms with E-state index in [1.54, 1.807) is 4.90 Å². The Morgan fingerprint density at radius 3 is 2.05 bits per heavy atom. The van der Waals surface area contributed by atoms with Gasteiger partial charge >= 0.3 is 5.97 Å². The average molecular weight is 295 g/mol. The first-order valence-corrected chi connectivity index (χ1v) is 7.93. The zero-order valence-corrected chi connectivity index (χ0v) is 14.4. The Kier molecular flexibility index (Phi) is 3.67. The number of nitrogens with zero attached hydrogens (tertiary/aromatic N) is 1. The van der Waals surface area contributed by atoms with Crippen molar-refractivity contribution < 1.29 is 14.3 Å². The predicted octanol–water partition coefficient (Wildman–Crippen LogP) is 3.00. The monoisotopic (exact) mass is 295 g/mol. The van der Waals surface area contributed by atoms with Gasteiger partial charge in [-0.1, -0.05) is 27.7 Å². The summed E-state index contributed by atoms with van der Waals surface area (Å²) in [4.78, 5) is 26.9. The summed E-state index contributed by atoms with van der Waals surface area (Å²) in [5, 5.41) is 0. The highest BCUT2D eigenvalue weighted by Gasteiger charge is 2.69. The molecule has 0 spiro atoms. The van der Waals surface area contributed by atoms with Crippen molar-refractivity contribution in [2.24, 2.45) is 16.7 Å². The third-order valence-corrected chi connectivity index (χ3v) is 5.48. The van der Waals surface area contributed by atoms with Crippen LogP contribution < -0.4 is 0 Å². The van der Waals surface area contributed by atoms with E-state index in [0.29, 0.717) is 13.0 Å². The summed E-state index contributed by atoms with van der Waals surface area (Å²) in [7, 11) is 0. The van der Waals surface area contributed by atoms with Crippen LogP contribution in [0.25, 0.3) is 0 Å². The number of likely N-dealkylation sites (tertiary alicyclic amines) is 1. The van der Waals surface area contributed by atoms with Crippen molar-refractivity contribution in [1.82, 2.24) is 4.90 Å². The second-order valence-electron chi connectivity index (χ2n) is 8.60. The second-order valence-corrected chi connectivity index (χ2v) is 8.60. The van der Waals surface area contributed by atoms with E-state index in [1.807, 2.05) is 20.8 Å². The van der Waals surface area contributed by atoms with E-state index in [2.05, 4.69) is 27.7 Å². The van der Waals surface area contributed by atoms with Gasteiger partial charge in [-0.15, -0.1) is 0 Å². The molecule has 0 aromatic rings. The van der Waals surface area contributed by atoms with Crippen LogP contribution in [0, 0.1) is 16.7 Å². The molecule has 2 aliphatic rings. The number of hydrogen-bond donors (Lipinski definition) is 0. The summed E-state index contributed by atoms with van der Waals surface area (Å²) in [5.41, 5.74) is -0.497. The molecule has 0 unspecified atom stereocenters. The zero-order valence-electron chi connectivity index (χ0n) is 14.4. The number of ether oxygens (including phenoxy) is 1. The van der Waals surface area contributed by atoms with Crippen molar-refractivity contribution in [3.8, 4) is 0 Å². The van der Waals surface area contributed by atoms with Crippen molar-refractivity contribution >= 4 is 11.9 Å². The fraction of sp³-hybridized carbons (Fsp3) is 0.882. The van der Waals surface area contributed by atoms with Crippen LogP contribution in [-0.4, -0.2) is 35.0 Å². The van der Waals surface area contributed by atoms with Gasteiger partial charge in [0.15, 0.2) is 0 Å². The fourth-order valence-corrected chi connectivity index (χ4v) is 3.62. The van der Waals surface area contributed by atoms with Crippen molar-refractivity contribution in [3.05, 3.63) is 0 Å². The van der Waals surface area contributed by atoms with Gasteiger partial charge in [-0.05, 0) is 44.4 Å². The first-order chi connectivity index (χ1) is 9.39. The van der Waals surface area contributed by atoms with Crippen LogP contribution >= 0.6 is 0 Å². The van der Waals surface area contributed by atoms with Crippen LogP contribution in [0.15, 0.2) is 0 Å². The van der Waals surface area contributed by atoms with Gasteiger partial charge in [0.05, 0.1) is 0 Å². The van der Waals surface area contributed by atoms with Gasteiger partial charge < -0.3 is 9.64 Å². The van der Waals surface area contributed by atoms with E-state index in [-0.39, 0.29) is 28.6 Å². The molecule has 4 nitrogen and oxygen atoms in total. The number of amides is 1. The molecule has 1 heterocycles. The molecule has 0 N–H and O–H groups in total. The summed E-state index contributed by atoms with van der Waals surface area (Å²) in [6.45, 7) is 14.8. The Morgan fingerprint density at radius 1 is 1.10 bits per heavy atom. The molecule has 0 bridgehead atoms. The molecule has 4 heteroatoms. The lowest BCUT2D eigenvalue weighted by atomic mass is 10.0. The quantitative estimate of drug-likeness (QED) is 0.736. The third kappa shape index (κ3) is 2.69. The van der Waals surface area contributed by atoms with E-state index in [9.17, 15) is 9.59 Å². The standard InChI is InChI=1S/C17H29NO3/c1-15(2,3)21-14(20)11-9-8-10-18(11)13(19)12-16(4,5)17(12,6)7/h11-12H,8-10H2,1-7H3/t11-/m0/s1. The largest absolute Gasteiger partial charge is 0.458 e. The minimum absolute atomic E-state index is 0.00511. The molecule has 0 aromatic heterocycles. The lowest BCUT2D eigenvalue weighted by Gasteiger charge is -2.28. The number of esters is 1. The Labute approximate surface area is 128 Å². The van der Waals surface area contributed by atoms with Crippen LogP contribution in [0.4, 0.5) is 0 Å². The minimum Gasteiger partial charge on any atom is -0.458 e. The smallest absolute Gasteiger partial charge is 0.329 e. The summed E-state index contributed by atoms with van der Waals surface area (Å²) >= 11 is 0. The molecule has 2 rings (SSSR count). The molecule has 21 heavy (non-hydrogen) atoms. The molecule has 2 fully saturated rings. The van der Waals surface area contributed by atoms with Gasteiger partial charge in [-0.2, -0.15) is 0 Å². The van der Waals surface area contributed by atoms with Gasteiger partial charge in [-0.25, -0.2) is 4.79 Å². The van der Waals surface area contributed by atoms with Crippen molar-refractivity contribution in [3.63, 3.8) is 0 Å². The minimum atomic E-state index is -0.507. The lowest BCUT2D eigenvalue weighted by Crippen LogP contribution is -2.44. The van der Waals surface area contributed by atoms with Crippen molar-refractivity contribution in [2.75, 3.05) is 6.54 Å².